The highest BCUT2D eigenvalue weighted by molar-refractivity contribution is 6.29. The smallest absolute Gasteiger partial charge is 0.227 e. The van der Waals surface area contributed by atoms with E-state index in [0.29, 0.717) is 0 Å². The first-order valence-corrected chi connectivity index (χ1v) is 4.00. The Kier molecular flexibility index (Phi) is 1.96. The fourth-order valence-electron chi connectivity index (χ4n) is 1.10. The normalized spacial score (nSPS) is 10.8. The Labute approximate surface area is 81.3 Å². The van der Waals surface area contributed by atoms with Gasteiger partial charge in [0.25, 0.3) is 0 Å². The first-order valence-electron chi connectivity index (χ1n) is 3.62. The molecule has 2 aromatic rings. The molecule has 1 N–H and O–H groups in total. The fraction of sp³-hybridized carbons (Fsp3) is 0. The average Bonchev–Trinajstić information content (AvgIpc) is 2.15. The van der Waals surface area contributed by atoms with Crippen LogP contribution in [-0.2, 0) is 0 Å². The Morgan fingerprint density at radius 2 is 1.93 bits per heavy atom. The molecule has 14 heavy (non-hydrogen) atoms. The highest BCUT2D eigenvalue weighted by Gasteiger charge is 2.09. The van der Waals surface area contributed by atoms with Crippen LogP contribution in [0.25, 0.3) is 10.9 Å². The molecule has 0 amide bonds. The molecule has 0 saturated carbocycles. The van der Waals surface area contributed by atoms with Crippen molar-refractivity contribution in [1.29, 1.82) is 0 Å². The van der Waals surface area contributed by atoms with Gasteiger partial charge in [-0.25, -0.2) is 8.78 Å². The van der Waals surface area contributed by atoms with Gasteiger partial charge in [-0.2, -0.15) is 5.10 Å². The molecule has 0 aliphatic rings. The van der Waals surface area contributed by atoms with Gasteiger partial charge in [0.2, 0.25) is 5.43 Å². The second-order valence-corrected chi connectivity index (χ2v) is 3.01. The average molecular weight is 217 g/mol. The van der Waals surface area contributed by atoms with Crippen molar-refractivity contribution >= 4 is 22.5 Å². The standard InChI is InChI=1S/C8H3ClF2N2O/c9-8-7(14)3-1-4(10)5(11)2-6(3)12-13-8/h1-2H,(H,12,14). The molecule has 0 saturated heterocycles. The minimum Gasteiger partial charge on any atom is -0.286 e. The number of halogens is 3. The molecule has 0 unspecified atom stereocenters. The first kappa shape index (κ1) is 9.08. The van der Waals surface area contributed by atoms with Crippen LogP contribution in [0.1, 0.15) is 0 Å². The summed E-state index contributed by atoms with van der Waals surface area (Å²) in [6.07, 6.45) is 0. The number of aromatic nitrogens is 2. The number of fused-ring (bicyclic) bond motifs is 1. The number of benzene rings is 1. The zero-order chi connectivity index (χ0) is 10.3. The Morgan fingerprint density at radius 3 is 2.64 bits per heavy atom. The quantitative estimate of drug-likeness (QED) is 0.731. The molecular formula is C8H3ClF2N2O. The molecular weight excluding hydrogens is 214 g/mol. The summed E-state index contributed by atoms with van der Waals surface area (Å²) in [7, 11) is 0. The van der Waals surface area contributed by atoms with E-state index in [1.807, 2.05) is 0 Å². The van der Waals surface area contributed by atoms with Crippen molar-refractivity contribution in [2.75, 3.05) is 0 Å². The molecule has 0 atom stereocenters. The number of nitrogens with one attached hydrogen (secondary N) is 1. The summed E-state index contributed by atoms with van der Waals surface area (Å²) in [5.74, 6) is -2.14. The topological polar surface area (TPSA) is 45.8 Å². The summed E-state index contributed by atoms with van der Waals surface area (Å²) in [4.78, 5) is 11.3. The Bertz CT molecular complexity index is 567. The summed E-state index contributed by atoms with van der Waals surface area (Å²) in [5.41, 5.74) is -0.516. The number of aromatic amines is 1. The van der Waals surface area contributed by atoms with Crippen molar-refractivity contribution in [1.82, 2.24) is 10.2 Å². The third kappa shape index (κ3) is 1.26. The van der Waals surface area contributed by atoms with Gasteiger partial charge in [0.05, 0.1) is 10.9 Å². The molecule has 1 aromatic carbocycles. The monoisotopic (exact) mass is 216 g/mol. The van der Waals surface area contributed by atoms with Gasteiger partial charge < -0.3 is 0 Å². The third-order valence-corrected chi connectivity index (χ3v) is 2.02. The highest BCUT2D eigenvalue weighted by Crippen LogP contribution is 2.13. The minimum atomic E-state index is -1.09. The van der Waals surface area contributed by atoms with Crippen LogP contribution >= 0.6 is 11.6 Å². The van der Waals surface area contributed by atoms with Gasteiger partial charge in [-0.1, -0.05) is 11.6 Å². The number of H-pyrrole nitrogens is 1. The van der Waals surface area contributed by atoms with Gasteiger partial charge in [0, 0.05) is 6.07 Å². The van der Waals surface area contributed by atoms with Gasteiger partial charge in [-0.15, -0.1) is 0 Å². The van der Waals surface area contributed by atoms with Crippen molar-refractivity contribution in [3.05, 3.63) is 39.1 Å². The van der Waals surface area contributed by atoms with E-state index in [2.05, 4.69) is 10.2 Å². The largest absolute Gasteiger partial charge is 0.286 e. The van der Waals surface area contributed by atoms with Crippen LogP contribution in [0.3, 0.4) is 0 Å². The number of hydrogen-bond acceptors (Lipinski definition) is 2. The third-order valence-electron chi connectivity index (χ3n) is 1.77. The fourth-order valence-corrected chi connectivity index (χ4v) is 1.24. The zero-order valence-electron chi connectivity index (χ0n) is 6.64. The van der Waals surface area contributed by atoms with Gasteiger partial charge in [0.15, 0.2) is 16.8 Å². The van der Waals surface area contributed by atoms with Gasteiger partial charge >= 0.3 is 0 Å². The lowest BCUT2D eigenvalue weighted by Crippen LogP contribution is -2.07. The number of rotatable bonds is 0. The molecule has 2 rings (SSSR count). The maximum Gasteiger partial charge on any atom is 0.227 e. The van der Waals surface area contributed by atoms with Crippen LogP contribution < -0.4 is 5.43 Å². The van der Waals surface area contributed by atoms with Crippen LogP contribution in [0.15, 0.2) is 16.9 Å². The summed E-state index contributed by atoms with van der Waals surface area (Å²) in [5, 5.41) is 5.43. The molecule has 1 heterocycles. The Morgan fingerprint density at radius 1 is 1.29 bits per heavy atom. The Hall–Kier alpha value is -1.49. The molecule has 3 nitrogen and oxygen atoms in total. The van der Waals surface area contributed by atoms with E-state index in [9.17, 15) is 13.6 Å². The molecule has 6 heteroatoms. The molecule has 0 bridgehead atoms. The number of hydrogen-bond donors (Lipinski definition) is 1. The summed E-state index contributed by atoms with van der Waals surface area (Å²) in [6.45, 7) is 0. The van der Waals surface area contributed by atoms with Crippen LogP contribution in [0, 0.1) is 11.6 Å². The molecule has 0 spiro atoms. The maximum atomic E-state index is 12.8. The SMILES string of the molecule is O=c1c(Cl)n[nH]c2cc(F)c(F)cc12. The van der Waals surface area contributed by atoms with E-state index in [0.717, 1.165) is 12.1 Å². The molecule has 0 aliphatic carbocycles. The van der Waals surface area contributed by atoms with Crippen LogP contribution in [-0.4, -0.2) is 10.2 Å². The van der Waals surface area contributed by atoms with Crippen molar-refractivity contribution in [2.24, 2.45) is 0 Å². The predicted octanol–water partition coefficient (Wildman–Crippen LogP) is 1.85. The van der Waals surface area contributed by atoms with E-state index < -0.39 is 17.1 Å². The molecule has 1 aromatic heterocycles. The highest BCUT2D eigenvalue weighted by atomic mass is 35.5. The summed E-state index contributed by atoms with van der Waals surface area (Å²) >= 11 is 5.41. The van der Waals surface area contributed by atoms with Gasteiger partial charge in [0.1, 0.15) is 0 Å². The second-order valence-electron chi connectivity index (χ2n) is 2.66. The van der Waals surface area contributed by atoms with Crippen molar-refractivity contribution in [2.45, 2.75) is 0 Å². The molecule has 0 aliphatic heterocycles. The molecule has 0 radical (unpaired) electrons. The van der Waals surface area contributed by atoms with Crippen molar-refractivity contribution in [3.8, 4) is 0 Å². The van der Waals surface area contributed by atoms with Crippen molar-refractivity contribution in [3.63, 3.8) is 0 Å². The first-order chi connectivity index (χ1) is 6.59. The second kappa shape index (κ2) is 3.02. The van der Waals surface area contributed by atoms with Crippen molar-refractivity contribution < 1.29 is 8.78 Å². The number of nitrogens with zero attached hydrogens (tertiary/aromatic N) is 1. The lowest BCUT2D eigenvalue weighted by molar-refractivity contribution is 0.510. The molecule has 72 valence electrons. The van der Waals surface area contributed by atoms with Crippen LogP contribution in [0.4, 0.5) is 8.78 Å². The van der Waals surface area contributed by atoms with E-state index in [1.54, 1.807) is 0 Å². The summed E-state index contributed by atoms with van der Waals surface area (Å²) in [6, 6.07) is 1.65. The van der Waals surface area contributed by atoms with E-state index in [-0.39, 0.29) is 16.1 Å². The van der Waals surface area contributed by atoms with Gasteiger partial charge in [-0.3, -0.25) is 9.89 Å². The minimum absolute atomic E-state index is 0.0242. The maximum absolute atomic E-state index is 12.8. The lowest BCUT2D eigenvalue weighted by atomic mass is 10.2. The van der Waals surface area contributed by atoms with Crippen LogP contribution in [0.5, 0.6) is 0 Å². The van der Waals surface area contributed by atoms with E-state index >= 15 is 0 Å². The predicted molar refractivity (Wildman–Crippen MR) is 47.3 cm³/mol. The van der Waals surface area contributed by atoms with E-state index in [1.165, 1.54) is 0 Å². The lowest BCUT2D eigenvalue weighted by Gasteiger charge is -1.98. The summed E-state index contributed by atoms with van der Waals surface area (Å²) < 4.78 is 25.5. The zero-order valence-corrected chi connectivity index (χ0v) is 7.40. The van der Waals surface area contributed by atoms with Crippen LogP contribution in [0.2, 0.25) is 5.15 Å². The Balaban J connectivity index is 2.97. The molecule has 0 fully saturated rings. The van der Waals surface area contributed by atoms with E-state index in [4.69, 9.17) is 11.6 Å². The van der Waals surface area contributed by atoms with Gasteiger partial charge in [-0.05, 0) is 6.07 Å².